The van der Waals surface area contributed by atoms with Gasteiger partial charge < -0.3 is 5.11 Å². The van der Waals surface area contributed by atoms with E-state index in [0.717, 1.165) is 5.56 Å². The second-order valence-corrected chi connectivity index (χ2v) is 4.06. The molecule has 5 heteroatoms. The molecule has 0 saturated carbocycles. The van der Waals surface area contributed by atoms with Crippen molar-refractivity contribution in [3.63, 3.8) is 0 Å². The second-order valence-electron chi connectivity index (χ2n) is 3.28. The van der Waals surface area contributed by atoms with Crippen LogP contribution in [0.3, 0.4) is 0 Å². The van der Waals surface area contributed by atoms with Crippen molar-refractivity contribution in [3.05, 3.63) is 33.8 Å². The van der Waals surface area contributed by atoms with E-state index in [-0.39, 0.29) is 6.54 Å². The van der Waals surface area contributed by atoms with E-state index in [0.29, 0.717) is 16.6 Å². The molecular formula is C10H11Cl2NO2. The minimum Gasteiger partial charge on any atom is -0.480 e. The zero-order chi connectivity index (χ0) is 11.4. The van der Waals surface area contributed by atoms with E-state index in [1.807, 2.05) is 6.07 Å². The number of aliphatic carboxylic acids is 1. The van der Waals surface area contributed by atoms with Crippen LogP contribution in [0.5, 0.6) is 0 Å². The molecule has 1 aromatic carbocycles. The molecule has 0 aliphatic rings. The lowest BCUT2D eigenvalue weighted by atomic mass is 10.2. The van der Waals surface area contributed by atoms with Crippen molar-refractivity contribution in [2.75, 3.05) is 13.6 Å². The standard InChI is InChI=1S/C10H11Cl2NO2/c1-13(6-9(14)15)5-7-3-2-4-8(11)10(7)12/h2-4H,5-6H2,1H3,(H,14,15). The number of carboxylic acid groups (broad SMARTS) is 1. The second kappa shape index (κ2) is 5.35. The van der Waals surface area contributed by atoms with E-state index < -0.39 is 5.97 Å². The normalized spacial score (nSPS) is 10.7. The van der Waals surface area contributed by atoms with Gasteiger partial charge in [0.2, 0.25) is 0 Å². The summed E-state index contributed by atoms with van der Waals surface area (Å²) in [6, 6.07) is 5.31. The van der Waals surface area contributed by atoms with E-state index in [1.54, 1.807) is 24.1 Å². The van der Waals surface area contributed by atoms with Gasteiger partial charge >= 0.3 is 5.97 Å². The zero-order valence-corrected chi connectivity index (χ0v) is 9.72. The summed E-state index contributed by atoms with van der Waals surface area (Å²) in [7, 11) is 1.71. The molecule has 3 nitrogen and oxygen atoms in total. The SMILES string of the molecule is CN(CC(=O)O)Cc1cccc(Cl)c1Cl. The third-order valence-electron chi connectivity index (χ3n) is 1.88. The van der Waals surface area contributed by atoms with Crippen molar-refractivity contribution in [1.82, 2.24) is 4.90 Å². The molecule has 82 valence electrons. The van der Waals surface area contributed by atoms with Gasteiger partial charge in [0, 0.05) is 6.54 Å². The van der Waals surface area contributed by atoms with Crippen LogP contribution >= 0.6 is 23.2 Å². The van der Waals surface area contributed by atoms with Gasteiger partial charge in [-0.25, -0.2) is 0 Å². The van der Waals surface area contributed by atoms with Gasteiger partial charge in [0.1, 0.15) is 0 Å². The molecule has 0 bridgehead atoms. The molecule has 0 aliphatic heterocycles. The Bertz CT molecular complexity index is 368. The molecule has 0 spiro atoms. The van der Waals surface area contributed by atoms with Crippen LogP contribution in [-0.2, 0) is 11.3 Å². The van der Waals surface area contributed by atoms with Crippen LogP contribution in [0.4, 0.5) is 0 Å². The maximum Gasteiger partial charge on any atom is 0.317 e. The largest absolute Gasteiger partial charge is 0.480 e. The first-order chi connectivity index (χ1) is 7.00. The molecule has 0 atom stereocenters. The predicted molar refractivity (Wildman–Crippen MR) is 60.4 cm³/mol. The number of halogens is 2. The molecule has 0 heterocycles. The van der Waals surface area contributed by atoms with Gasteiger partial charge in [-0.1, -0.05) is 35.3 Å². The Morgan fingerprint density at radius 3 is 2.73 bits per heavy atom. The summed E-state index contributed by atoms with van der Waals surface area (Å²) < 4.78 is 0. The number of nitrogens with zero attached hydrogens (tertiary/aromatic N) is 1. The van der Waals surface area contributed by atoms with Crippen molar-refractivity contribution in [3.8, 4) is 0 Å². The summed E-state index contributed by atoms with van der Waals surface area (Å²) in [5.41, 5.74) is 0.827. The number of benzene rings is 1. The quantitative estimate of drug-likeness (QED) is 0.889. The number of carboxylic acids is 1. The van der Waals surface area contributed by atoms with Crippen LogP contribution in [0.15, 0.2) is 18.2 Å². The minimum absolute atomic E-state index is 0.0250. The Morgan fingerprint density at radius 1 is 1.47 bits per heavy atom. The van der Waals surface area contributed by atoms with Gasteiger partial charge in [0.05, 0.1) is 16.6 Å². The van der Waals surface area contributed by atoms with E-state index in [2.05, 4.69) is 0 Å². The molecule has 1 rings (SSSR count). The molecule has 1 N–H and O–H groups in total. The van der Waals surface area contributed by atoms with E-state index in [1.165, 1.54) is 0 Å². The lowest BCUT2D eigenvalue weighted by Gasteiger charge is -2.15. The maximum atomic E-state index is 10.5. The number of hydrogen-bond acceptors (Lipinski definition) is 2. The van der Waals surface area contributed by atoms with Crippen molar-refractivity contribution >= 4 is 29.2 Å². The van der Waals surface area contributed by atoms with Crippen LogP contribution in [0, 0.1) is 0 Å². The number of hydrogen-bond donors (Lipinski definition) is 1. The fourth-order valence-electron chi connectivity index (χ4n) is 1.25. The highest BCUT2D eigenvalue weighted by atomic mass is 35.5. The molecule has 0 radical (unpaired) electrons. The Kier molecular flexibility index (Phi) is 4.39. The van der Waals surface area contributed by atoms with Crippen LogP contribution in [0.1, 0.15) is 5.56 Å². The molecular weight excluding hydrogens is 237 g/mol. The average Bonchev–Trinajstić information content (AvgIpc) is 2.11. The van der Waals surface area contributed by atoms with Gasteiger partial charge in [0.25, 0.3) is 0 Å². The van der Waals surface area contributed by atoms with Gasteiger partial charge in [-0.15, -0.1) is 0 Å². The lowest BCUT2D eigenvalue weighted by molar-refractivity contribution is -0.138. The molecule has 0 aromatic heterocycles. The van der Waals surface area contributed by atoms with Gasteiger partial charge in [-0.2, -0.15) is 0 Å². The first-order valence-electron chi connectivity index (χ1n) is 4.34. The number of rotatable bonds is 4. The highest BCUT2D eigenvalue weighted by Gasteiger charge is 2.09. The molecule has 0 fully saturated rings. The first kappa shape index (κ1) is 12.3. The Labute approximate surface area is 98.2 Å². The fraction of sp³-hybridized carbons (Fsp3) is 0.300. The summed E-state index contributed by atoms with van der Waals surface area (Å²) in [5.74, 6) is -0.865. The van der Waals surface area contributed by atoms with Crippen LogP contribution in [-0.4, -0.2) is 29.6 Å². The Morgan fingerprint density at radius 2 is 2.13 bits per heavy atom. The van der Waals surface area contributed by atoms with Crippen LogP contribution < -0.4 is 0 Å². The van der Waals surface area contributed by atoms with Crippen molar-refractivity contribution in [1.29, 1.82) is 0 Å². The average molecular weight is 248 g/mol. The lowest BCUT2D eigenvalue weighted by Crippen LogP contribution is -2.25. The molecule has 0 amide bonds. The Balaban J connectivity index is 2.72. The number of carbonyl (C=O) groups is 1. The summed E-state index contributed by atoms with van der Waals surface area (Å²) in [4.78, 5) is 12.1. The summed E-state index contributed by atoms with van der Waals surface area (Å²) in [5, 5.41) is 9.55. The van der Waals surface area contributed by atoms with Gasteiger partial charge in [-0.3, -0.25) is 9.69 Å². The zero-order valence-electron chi connectivity index (χ0n) is 8.20. The Hall–Kier alpha value is -0.770. The summed E-state index contributed by atoms with van der Waals surface area (Å²) >= 11 is 11.8. The third kappa shape index (κ3) is 3.70. The van der Waals surface area contributed by atoms with E-state index in [4.69, 9.17) is 28.3 Å². The fourth-order valence-corrected chi connectivity index (χ4v) is 1.63. The first-order valence-corrected chi connectivity index (χ1v) is 5.09. The molecule has 0 unspecified atom stereocenters. The van der Waals surface area contributed by atoms with Gasteiger partial charge in [-0.05, 0) is 18.7 Å². The topological polar surface area (TPSA) is 40.5 Å². The van der Waals surface area contributed by atoms with Gasteiger partial charge in [0.15, 0.2) is 0 Å². The molecule has 1 aromatic rings. The minimum atomic E-state index is -0.865. The highest BCUT2D eigenvalue weighted by molar-refractivity contribution is 6.42. The van der Waals surface area contributed by atoms with Crippen molar-refractivity contribution < 1.29 is 9.90 Å². The van der Waals surface area contributed by atoms with Crippen molar-refractivity contribution in [2.24, 2.45) is 0 Å². The maximum absolute atomic E-state index is 10.5. The summed E-state index contributed by atoms with van der Waals surface area (Å²) in [6.45, 7) is 0.439. The molecule has 15 heavy (non-hydrogen) atoms. The monoisotopic (exact) mass is 247 g/mol. The molecule has 0 saturated heterocycles. The smallest absolute Gasteiger partial charge is 0.317 e. The predicted octanol–water partition coefficient (Wildman–Crippen LogP) is 2.51. The van der Waals surface area contributed by atoms with E-state index >= 15 is 0 Å². The third-order valence-corrected chi connectivity index (χ3v) is 2.74. The number of likely N-dealkylation sites (N-methyl/N-ethyl adjacent to an activating group) is 1. The van der Waals surface area contributed by atoms with Crippen LogP contribution in [0.25, 0.3) is 0 Å². The highest BCUT2D eigenvalue weighted by Crippen LogP contribution is 2.26. The molecule has 0 aliphatic carbocycles. The van der Waals surface area contributed by atoms with Crippen molar-refractivity contribution in [2.45, 2.75) is 6.54 Å². The van der Waals surface area contributed by atoms with Crippen LogP contribution in [0.2, 0.25) is 10.0 Å². The summed E-state index contributed by atoms with van der Waals surface area (Å²) in [6.07, 6.45) is 0. The van der Waals surface area contributed by atoms with E-state index in [9.17, 15) is 4.79 Å².